The van der Waals surface area contributed by atoms with E-state index in [2.05, 4.69) is 4.98 Å². The van der Waals surface area contributed by atoms with Crippen LogP contribution in [-0.4, -0.2) is 15.6 Å². The van der Waals surface area contributed by atoms with Crippen LogP contribution < -0.4 is 11.6 Å². The molecule has 0 atom stereocenters. The lowest BCUT2D eigenvalue weighted by molar-refractivity contribution is -0.117. The number of amides is 1. The molecule has 1 rings (SSSR count). The van der Waals surface area contributed by atoms with Gasteiger partial charge in [0.1, 0.15) is 12.4 Å². The Morgan fingerprint density at radius 3 is 3.00 bits per heavy atom. The predicted molar refractivity (Wildman–Crippen MR) is 40.0 cm³/mol. The molecule has 62 valence electrons. The normalized spacial score (nSPS) is 9.25. The van der Waals surface area contributed by atoms with Crippen LogP contribution in [0.4, 0.5) is 0 Å². The smallest absolute Gasteiger partial charge is 0.223 e. The number of hydrogen-bond donors (Lipinski definition) is 2. The average Bonchev–Trinajstić information content (AvgIpc) is 2.32. The predicted octanol–water partition coefficient (Wildman–Crippen LogP) is -1.50. The van der Waals surface area contributed by atoms with Crippen molar-refractivity contribution in [2.75, 3.05) is 5.84 Å². The minimum Gasteiger partial charge on any atom is -0.369 e. The van der Waals surface area contributed by atoms with Gasteiger partial charge in [-0.15, -0.1) is 0 Å². The molecule has 0 aliphatic carbocycles. The third kappa shape index (κ3) is 1.34. The molecule has 0 saturated carbocycles. The van der Waals surface area contributed by atoms with Crippen molar-refractivity contribution in [1.82, 2.24) is 9.66 Å². The lowest BCUT2D eigenvalue weighted by Gasteiger charge is -1.97. The highest BCUT2D eigenvalue weighted by molar-refractivity contribution is 5.76. The van der Waals surface area contributed by atoms with Crippen molar-refractivity contribution >= 4 is 5.91 Å². The van der Waals surface area contributed by atoms with E-state index < -0.39 is 5.91 Å². The third-order valence-electron chi connectivity index (χ3n) is 1.34. The molecule has 0 saturated heterocycles. The summed E-state index contributed by atoms with van der Waals surface area (Å²) < 4.78 is 1.11. The van der Waals surface area contributed by atoms with Crippen molar-refractivity contribution < 1.29 is 4.79 Å². The zero-order chi connectivity index (χ0) is 9.14. The highest BCUT2D eigenvalue weighted by Gasteiger charge is 2.10. The van der Waals surface area contributed by atoms with E-state index in [0.29, 0.717) is 5.69 Å². The van der Waals surface area contributed by atoms with Gasteiger partial charge < -0.3 is 11.6 Å². The van der Waals surface area contributed by atoms with E-state index in [1.54, 1.807) is 6.07 Å². The number of carbonyl (C=O) groups excluding carboxylic acids is 1. The summed E-state index contributed by atoms with van der Waals surface area (Å²) in [5.74, 6) is 4.82. The molecule has 0 bridgehead atoms. The molecule has 0 unspecified atom stereocenters. The van der Waals surface area contributed by atoms with E-state index in [0.717, 1.165) is 4.68 Å². The highest BCUT2D eigenvalue weighted by atomic mass is 16.1. The van der Waals surface area contributed by atoms with E-state index in [9.17, 15) is 4.79 Å². The van der Waals surface area contributed by atoms with Gasteiger partial charge in [-0.05, 0) is 0 Å². The summed E-state index contributed by atoms with van der Waals surface area (Å²) in [7, 11) is 0. The Morgan fingerprint density at radius 2 is 2.50 bits per heavy atom. The second kappa shape index (κ2) is 2.92. The molecular formula is C6H7N5O. The molecule has 1 amide bonds. The van der Waals surface area contributed by atoms with Crippen LogP contribution in [0, 0.1) is 11.3 Å². The first-order valence-corrected chi connectivity index (χ1v) is 3.15. The van der Waals surface area contributed by atoms with Gasteiger partial charge in [0.2, 0.25) is 5.91 Å². The van der Waals surface area contributed by atoms with Gasteiger partial charge in [0.15, 0.2) is 5.69 Å². The molecule has 0 aliphatic rings. The van der Waals surface area contributed by atoms with Crippen LogP contribution in [0.3, 0.4) is 0 Å². The molecule has 1 heterocycles. The first-order valence-electron chi connectivity index (χ1n) is 3.15. The largest absolute Gasteiger partial charge is 0.369 e. The molecule has 4 N–H and O–H groups in total. The Kier molecular flexibility index (Phi) is 1.96. The molecular weight excluding hydrogens is 158 g/mol. The van der Waals surface area contributed by atoms with Crippen LogP contribution in [0.1, 0.15) is 11.4 Å². The van der Waals surface area contributed by atoms with Crippen LogP contribution in [0.25, 0.3) is 0 Å². The molecule has 0 fully saturated rings. The fraction of sp³-hybridized carbons (Fsp3) is 0.167. The lowest BCUT2D eigenvalue weighted by atomic mass is 10.2. The Bertz CT molecular complexity index is 347. The van der Waals surface area contributed by atoms with Crippen LogP contribution in [0.2, 0.25) is 0 Å². The maximum Gasteiger partial charge on any atom is 0.223 e. The minimum absolute atomic E-state index is 0.0700. The third-order valence-corrected chi connectivity index (χ3v) is 1.34. The molecule has 1 aromatic rings. The summed E-state index contributed by atoms with van der Waals surface area (Å²) in [6, 6.07) is 1.80. The summed E-state index contributed by atoms with van der Waals surface area (Å²) in [4.78, 5) is 14.2. The molecule has 0 aliphatic heterocycles. The molecule has 6 heteroatoms. The Labute approximate surface area is 68.4 Å². The first kappa shape index (κ1) is 8.07. The van der Waals surface area contributed by atoms with E-state index in [1.165, 1.54) is 6.33 Å². The lowest BCUT2D eigenvalue weighted by Crippen LogP contribution is -2.20. The van der Waals surface area contributed by atoms with E-state index in [4.69, 9.17) is 16.8 Å². The SMILES string of the molecule is N#Cc1ncn(N)c1CC(N)=O. The Balaban J connectivity index is 3.04. The summed E-state index contributed by atoms with van der Waals surface area (Å²) in [6.07, 6.45) is 1.19. The monoisotopic (exact) mass is 165 g/mol. The molecule has 0 aromatic carbocycles. The Morgan fingerprint density at radius 1 is 1.83 bits per heavy atom. The van der Waals surface area contributed by atoms with Crippen LogP contribution in [0.15, 0.2) is 6.33 Å². The fourth-order valence-corrected chi connectivity index (χ4v) is 0.820. The van der Waals surface area contributed by atoms with Crippen molar-refractivity contribution in [2.24, 2.45) is 5.73 Å². The topological polar surface area (TPSA) is 111 Å². The maximum atomic E-state index is 10.5. The fourth-order valence-electron chi connectivity index (χ4n) is 0.820. The second-order valence-corrected chi connectivity index (χ2v) is 2.20. The van der Waals surface area contributed by atoms with Crippen molar-refractivity contribution in [2.45, 2.75) is 6.42 Å². The van der Waals surface area contributed by atoms with Crippen molar-refractivity contribution in [3.63, 3.8) is 0 Å². The number of nitrogens with zero attached hydrogens (tertiary/aromatic N) is 3. The zero-order valence-electron chi connectivity index (χ0n) is 6.19. The van der Waals surface area contributed by atoms with Gasteiger partial charge in [0.25, 0.3) is 0 Å². The van der Waals surface area contributed by atoms with Gasteiger partial charge in [-0.3, -0.25) is 9.47 Å². The number of carbonyl (C=O) groups is 1. The van der Waals surface area contributed by atoms with E-state index >= 15 is 0 Å². The number of primary amides is 1. The van der Waals surface area contributed by atoms with Crippen molar-refractivity contribution in [1.29, 1.82) is 5.26 Å². The average molecular weight is 165 g/mol. The summed E-state index contributed by atoms with van der Waals surface area (Å²) in [5, 5.41) is 8.51. The van der Waals surface area contributed by atoms with Gasteiger partial charge in [-0.25, -0.2) is 4.98 Å². The summed E-state index contributed by atoms with van der Waals surface area (Å²) in [6.45, 7) is 0. The van der Waals surface area contributed by atoms with Crippen LogP contribution in [-0.2, 0) is 11.2 Å². The highest BCUT2D eigenvalue weighted by Crippen LogP contribution is 2.03. The van der Waals surface area contributed by atoms with Crippen molar-refractivity contribution in [3.8, 4) is 6.07 Å². The molecule has 0 radical (unpaired) electrons. The van der Waals surface area contributed by atoms with Gasteiger partial charge in [0.05, 0.1) is 12.1 Å². The number of hydrogen-bond acceptors (Lipinski definition) is 4. The van der Waals surface area contributed by atoms with Gasteiger partial charge in [0, 0.05) is 0 Å². The van der Waals surface area contributed by atoms with Crippen LogP contribution in [0.5, 0.6) is 0 Å². The molecule has 0 spiro atoms. The number of nitrogen functional groups attached to an aromatic ring is 1. The van der Waals surface area contributed by atoms with Crippen molar-refractivity contribution in [3.05, 3.63) is 17.7 Å². The molecule has 1 aromatic heterocycles. The quantitative estimate of drug-likeness (QED) is 0.519. The standard InChI is InChI=1S/C6H7N5O/c7-2-4-5(1-6(8)12)11(9)3-10-4/h3H,1,9H2,(H2,8,12). The summed E-state index contributed by atoms with van der Waals surface area (Å²) >= 11 is 0. The minimum atomic E-state index is -0.543. The summed E-state index contributed by atoms with van der Waals surface area (Å²) in [5.41, 5.74) is 5.40. The van der Waals surface area contributed by atoms with Gasteiger partial charge in [-0.2, -0.15) is 5.26 Å². The molecule has 12 heavy (non-hydrogen) atoms. The maximum absolute atomic E-state index is 10.5. The van der Waals surface area contributed by atoms with Gasteiger partial charge in [-0.1, -0.05) is 0 Å². The molecule has 6 nitrogen and oxygen atoms in total. The first-order chi connectivity index (χ1) is 5.65. The van der Waals surface area contributed by atoms with E-state index in [1.807, 2.05) is 0 Å². The number of nitriles is 1. The van der Waals surface area contributed by atoms with Crippen LogP contribution >= 0.6 is 0 Å². The Hall–Kier alpha value is -2.03. The number of aromatic nitrogens is 2. The number of nitrogens with two attached hydrogens (primary N) is 2. The number of imidazole rings is 1. The van der Waals surface area contributed by atoms with Gasteiger partial charge >= 0.3 is 0 Å². The zero-order valence-corrected chi connectivity index (χ0v) is 6.19. The second-order valence-electron chi connectivity index (χ2n) is 2.20. The number of rotatable bonds is 2. The van der Waals surface area contributed by atoms with E-state index in [-0.39, 0.29) is 12.1 Å².